The molecule has 0 fully saturated rings. The second-order valence-corrected chi connectivity index (χ2v) is 6.84. The standard InChI is InChI=1S/C12H19NO2S/c1-9-6-5-7-10(11(9)14)8-13-16(15)12(2,3)4/h5-7,13-14H,8H2,1-4H3. The van der Waals surface area contributed by atoms with E-state index in [1.165, 1.54) is 0 Å². The van der Waals surface area contributed by atoms with E-state index in [2.05, 4.69) is 4.72 Å². The van der Waals surface area contributed by atoms with Gasteiger partial charge >= 0.3 is 0 Å². The van der Waals surface area contributed by atoms with Crippen molar-refractivity contribution < 1.29 is 9.32 Å². The molecule has 0 spiro atoms. The van der Waals surface area contributed by atoms with Gasteiger partial charge < -0.3 is 5.11 Å². The number of benzene rings is 1. The monoisotopic (exact) mass is 241 g/mol. The number of aryl methyl sites for hydroxylation is 1. The summed E-state index contributed by atoms with van der Waals surface area (Å²) in [7, 11) is -1.11. The zero-order valence-corrected chi connectivity index (χ0v) is 11.0. The molecule has 1 unspecified atom stereocenters. The summed E-state index contributed by atoms with van der Waals surface area (Å²) < 4.78 is 14.4. The Morgan fingerprint density at radius 1 is 1.38 bits per heavy atom. The third-order valence-electron chi connectivity index (χ3n) is 2.27. The number of hydrogen-bond acceptors (Lipinski definition) is 2. The van der Waals surface area contributed by atoms with Crippen LogP contribution in [-0.4, -0.2) is 14.1 Å². The minimum Gasteiger partial charge on any atom is -0.507 e. The van der Waals surface area contributed by atoms with Gasteiger partial charge in [0.15, 0.2) is 0 Å². The van der Waals surface area contributed by atoms with Crippen molar-refractivity contribution in [3.63, 3.8) is 0 Å². The Kier molecular flexibility index (Phi) is 4.10. The lowest BCUT2D eigenvalue weighted by molar-refractivity contribution is 0.463. The van der Waals surface area contributed by atoms with Crippen molar-refractivity contribution in [3.8, 4) is 5.75 Å². The highest BCUT2D eigenvalue weighted by Crippen LogP contribution is 2.21. The molecule has 0 radical (unpaired) electrons. The molecule has 1 aromatic rings. The van der Waals surface area contributed by atoms with Gasteiger partial charge in [0.2, 0.25) is 0 Å². The van der Waals surface area contributed by atoms with Gasteiger partial charge in [0.1, 0.15) is 5.75 Å². The Labute approximate surface area is 99.5 Å². The first-order valence-electron chi connectivity index (χ1n) is 5.25. The van der Waals surface area contributed by atoms with Gasteiger partial charge in [0, 0.05) is 12.1 Å². The highest BCUT2D eigenvalue weighted by atomic mass is 32.2. The minimum atomic E-state index is -1.11. The molecule has 0 aliphatic heterocycles. The fourth-order valence-corrected chi connectivity index (χ4v) is 1.94. The van der Waals surface area contributed by atoms with Gasteiger partial charge in [-0.25, -0.2) is 8.93 Å². The van der Waals surface area contributed by atoms with Crippen LogP contribution >= 0.6 is 0 Å². The van der Waals surface area contributed by atoms with Crippen LogP contribution in [0.25, 0.3) is 0 Å². The van der Waals surface area contributed by atoms with Crippen LogP contribution in [0.4, 0.5) is 0 Å². The third-order valence-corrected chi connectivity index (χ3v) is 3.79. The van der Waals surface area contributed by atoms with Crippen LogP contribution < -0.4 is 4.72 Å². The molecule has 0 heterocycles. The summed E-state index contributed by atoms with van der Waals surface area (Å²) in [6.07, 6.45) is 0. The average molecular weight is 241 g/mol. The van der Waals surface area contributed by atoms with Crippen LogP contribution in [0.3, 0.4) is 0 Å². The predicted molar refractivity (Wildman–Crippen MR) is 67.6 cm³/mol. The van der Waals surface area contributed by atoms with Crippen LogP contribution in [0, 0.1) is 6.92 Å². The summed E-state index contributed by atoms with van der Waals surface area (Å²) in [5.41, 5.74) is 1.61. The summed E-state index contributed by atoms with van der Waals surface area (Å²) in [6.45, 7) is 7.99. The Morgan fingerprint density at radius 2 is 2.00 bits per heavy atom. The molecule has 2 N–H and O–H groups in total. The van der Waals surface area contributed by atoms with E-state index in [1.54, 1.807) is 0 Å². The Balaban J connectivity index is 2.69. The molecule has 0 bridgehead atoms. The molecule has 90 valence electrons. The second kappa shape index (κ2) is 4.97. The van der Waals surface area contributed by atoms with Gasteiger partial charge in [0.05, 0.1) is 15.7 Å². The summed E-state index contributed by atoms with van der Waals surface area (Å²) >= 11 is 0. The normalized spacial score (nSPS) is 13.8. The number of hydrogen-bond donors (Lipinski definition) is 2. The third kappa shape index (κ3) is 3.32. The van der Waals surface area contributed by atoms with Crippen LogP contribution in [-0.2, 0) is 17.5 Å². The topological polar surface area (TPSA) is 49.3 Å². The Hall–Kier alpha value is -0.870. The molecule has 4 heteroatoms. The zero-order chi connectivity index (χ0) is 12.3. The van der Waals surface area contributed by atoms with E-state index in [-0.39, 0.29) is 10.5 Å². The molecular formula is C12H19NO2S. The van der Waals surface area contributed by atoms with Crippen molar-refractivity contribution in [2.75, 3.05) is 0 Å². The molecule has 3 nitrogen and oxygen atoms in total. The first-order valence-corrected chi connectivity index (χ1v) is 6.40. The first kappa shape index (κ1) is 13.2. The fraction of sp³-hybridized carbons (Fsp3) is 0.500. The molecule has 1 rings (SSSR count). The summed E-state index contributed by atoms with van der Waals surface area (Å²) in [5.74, 6) is 0.279. The smallest absolute Gasteiger partial charge is 0.123 e. The lowest BCUT2D eigenvalue weighted by Gasteiger charge is -2.18. The molecule has 1 atom stereocenters. The van der Waals surface area contributed by atoms with Gasteiger partial charge in [-0.1, -0.05) is 18.2 Å². The van der Waals surface area contributed by atoms with Gasteiger partial charge in [-0.2, -0.15) is 0 Å². The molecule has 0 saturated carbocycles. The predicted octanol–water partition coefficient (Wildman–Crippen LogP) is 2.25. The molecule has 0 aliphatic carbocycles. The van der Waals surface area contributed by atoms with E-state index >= 15 is 0 Å². The molecule has 1 aromatic carbocycles. The van der Waals surface area contributed by atoms with Gasteiger partial charge in [-0.15, -0.1) is 0 Å². The van der Waals surface area contributed by atoms with Crippen molar-refractivity contribution in [2.24, 2.45) is 0 Å². The maximum Gasteiger partial charge on any atom is 0.123 e. The highest BCUT2D eigenvalue weighted by Gasteiger charge is 2.19. The molecular weight excluding hydrogens is 222 g/mol. The lowest BCUT2D eigenvalue weighted by atomic mass is 10.1. The number of para-hydroxylation sites is 1. The average Bonchev–Trinajstić information content (AvgIpc) is 2.18. The van der Waals surface area contributed by atoms with E-state index in [9.17, 15) is 9.32 Å². The highest BCUT2D eigenvalue weighted by molar-refractivity contribution is 7.84. The molecule has 0 amide bonds. The second-order valence-electron chi connectivity index (χ2n) is 4.78. The van der Waals surface area contributed by atoms with E-state index in [0.29, 0.717) is 6.54 Å². The lowest BCUT2D eigenvalue weighted by Crippen LogP contribution is -2.32. The van der Waals surface area contributed by atoms with Gasteiger partial charge in [-0.3, -0.25) is 0 Å². The van der Waals surface area contributed by atoms with E-state index in [0.717, 1.165) is 11.1 Å². The van der Waals surface area contributed by atoms with Crippen molar-refractivity contribution in [1.82, 2.24) is 4.72 Å². The van der Waals surface area contributed by atoms with Crippen LogP contribution in [0.1, 0.15) is 31.9 Å². The number of aromatic hydroxyl groups is 1. The first-order chi connectivity index (χ1) is 7.32. The fourth-order valence-electron chi connectivity index (χ4n) is 1.22. The maximum absolute atomic E-state index is 11.8. The Bertz CT molecular complexity index is 396. The summed E-state index contributed by atoms with van der Waals surface area (Å²) in [4.78, 5) is 0. The number of nitrogens with one attached hydrogen (secondary N) is 1. The quantitative estimate of drug-likeness (QED) is 0.852. The van der Waals surface area contributed by atoms with E-state index in [1.807, 2.05) is 45.9 Å². The Morgan fingerprint density at radius 3 is 2.56 bits per heavy atom. The largest absolute Gasteiger partial charge is 0.507 e. The van der Waals surface area contributed by atoms with Gasteiger partial charge in [0.25, 0.3) is 0 Å². The van der Waals surface area contributed by atoms with E-state index in [4.69, 9.17) is 0 Å². The molecule has 16 heavy (non-hydrogen) atoms. The van der Waals surface area contributed by atoms with Crippen LogP contribution in [0.5, 0.6) is 5.75 Å². The minimum absolute atomic E-state index is 0.279. The zero-order valence-electron chi connectivity index (χ0n) is 10.2. The van der Waals surface area contributed by atoms with Crippen LogP contribution in [0.15, 0.2) is 18.2 Å². The van der Waals surface area contributed by atoms with Crippen molar-refractivity contribution in [2.45, 2.75) is 39.0 Å². The number of rotatable bonds is 3. The van der Waals surface area contributed by atoms with Crippen molar-refractivity contribution in [1.29, 1.82) is 0 Å². The van der Waals surface area contributed by atoms with Crippen molar-refractivity contribution in [3.05, 3.63) is 29.3 Å². The summed E-state index contributed by atoms with van der Waals surface area (Å²) in [5, 5.41) is 9.77. The van der Waals surface area contributed by atoms with Crippen molar-refractivity contribution >= 4 is 11.0 Å². The molecule has 0 aromatic heterocycles. The number of phenolic OH excluding ortho intramolecular Hbond substituents is 1. The maximum atomic E-state index is 11.8. The molecule has 0 saturated heterocycles. The van der Waals surface area contributed by atoms with Gasteiger partial charge in [-0.05, 0) is 33.3 Å². The number of phenols is 1. The van der Waals surface area contributed by atoms with E-state index < -0.39 is 11.0 Å². The SMILES string of the molecule is Cc1cccc(CNS(=O)C(C)(C)C)c1O. The summed E-state index contributed by atoms with van der Waals surface area (Å²) in [6, 6.07) is 5.56. The van der Waals surface area contributed by atoms with Crippen LogP contribution in [0.2, 0.25) is 0 Å². The molecule has 0 aliphatic rings.